The monoisotopic (exact) mass is 392 g/mol. The molecule has 4 fully saturated rings. The molecule has 1 amide bonds. The van der Waals surface area contributed by atoms with Crippen LogP contribution in [0.2, 0.25) is 0 Å². The predicted octanol–water partition coefficient (Wildman–Crippen LogP) is 4.35. The third kappa shape index (κ3) is 4.13. The van der Waals surface area contributed by atoms with E-state index in [1.165, 1.54) is 64.0 Å². The number of methoxy groups -OCH3 is 1. The highest BCUT2D eigenvalue weighted by molar-refractivity contribution is 5.83. The van der Waals surface area contributed by atoms with E-state index in [9.17, 15) is 13.6 Å². The van der Waals surface area contributed by atoms with Crippen molar-refractivity contribution in [2.45, 2.75) is 51.6 Å². The summed E-state index contributed by atoms with van der Waals surface area (Å²) in [5.74, 6) is 2.52. The molecule has 28 heavy (non-hydrogen) atoms. The normalized spacial score (nSPS) is 30.8. The second kappa shape index (κ2) is 7.68. The summed E-state index contributed by atoms with van der Waals surface area (Å²) in [6.07, 6.45) is 9.62. The summed E-state index contributed by atoms with van der Waals surface area (Å²) in [7, 11) is 1.38. The SMILES string of the molecule is COc1cc(/C=N/NC(=O)CC23CC4CC(CC(C4)C2)C3)ccc1OC(F)F. The average Bonchev–Trinajstić information content (AvgIpc) is 2.60. The number of hydrazone groups is 1. The Bertz CT molecular complexity index is 731. The highest BCUT2D eigenvalue weighted by atomic mass is 19.3. The number of alkyl halides is 2. The Labute approximate surface area is 163 Å². The zero-order valence-electron chi connectivity index (χ0n) is 16.0. The molecule has 0 spiro atoms. The van der Waals surface area contributed by atoms with Crippen LogP contribution in [0.25, 0.3) is 0 Å². The summed E-state index contributed by atoms with van der Waals surface area (Å²) in [5.41, 5.74) is 3.42. The van der Waals surface area contributed by atoms with Crippen LogP contribution in [0.3, 0.4) is 0 Å². The molecular weight excluding hydrogens is 366 g/mol. The predicted molar refractivity (Wildman–Crippen MR) is 101 cm³/mol. The molecule has 5 rings (SSSR count). The Balaban J connectivity index is 1.34. The number of amides is 1. The fourth-order valence-electron chi connectivity index (χ4n) is 6.02. The second-order valence-electron chi connectivity index (χ2n) is 8.68. The van der Waals surface area contributed by atoms with Crippen LogP contribution in [0.5, 0.6) is 11.5 Å². The van der Waals surface area contributed by atoms with E-state index in [2.05, 4.69) is 15.3 Å². The van der Waals surface area contributed by atoms with Gasteiger partial charge in [-0.3, -0.25) is 4.79 Å². The molecule has 0 unspecified atom stereocenters. The number of benzene rings is 1. The van der Waals surface area contributed by atoms with Gasteiger partial charge in [-0.15, -0.1) is 0 Å². The number of nitrogens with one attached hydrogen (secondary N) is 1. The van der Waals surface area contributed by atoms with Gasteiger partial charge in [0.15, 0.2) is 11.5 Å². The Kier molecular flexibility index (Phi) is 5.25. The van der Waals surface area contributed by atoms with Gasteiger partial charge in [-0.25, -0.2) is 5.43 Å². The summed E-state index contributed by atoms with van der Waals surface area (Å²) in [5, 5.41) is 4.04. The van der Waals surface area contributed by atoms with Crippen LogP contribution in [0.4, 0.5) is 8.78 Å². The van der Waals surface area contributed by atoms with Crippen LogP contribution in [0.1, 0.15) is 50.5 Å². The quantitative estimate of drug-likeness (QED) is 0.554. The van der Waals surface area contributed by atoms with Crippen LogP contribution in [-0.2, 0) is 4.79 Å². The summed E-state index contributed by atoms with van der Waals surface area (Å²) < 4.78 is 34.2. The van der Waals surface area contributed by atoms with Crippen molar-refractivity contribution in [3.05, 3.63) is 23.8 Å². The van der Waals surface area contributed by atoms with Gasteiger partial charge in [-0.1, -0.05) is 0 Å². The number of ether oxygens (including phenoxy) is 2. The minimum absolute atomic E-state index is 0.0412. The molecule has 7 heteroatoms. The van der Waals surface area contributed by atoms with E-state index >= 15 is 0 Å². The van der Waals surface area contributed by atoms with Crippen molar-refractivity contribution in [3.63, 3.8) is 0 Å². The van der Waals surface area contributed by atoms with Crippen LogP contribution < -0.4 is 14.9 Å². The van der Waals surface area contributed by atoms with Crippen LogP contribution in [-0.4, -0.2) is 25.8 Å². The van der Waals surface area contributed by atoms with Crippen LogP contribution in [0.15, 0.2) is 23.3 Å². The lowest BCUT2D eigenvalue weighted by atomic mass is 9.49. The lowest BCUT2D eigenvalue weighted by Crippen LogP contribution is -2.47. The summed E-state index contributed by atoms with van der Waals surface area (Å²) in [4.78, 5) is 12.5. The van der Waals surface area contributed by atoms with Crippen molar-refractivity contribution in [1.82, 2.24) is 5.43 Å². The molecule has 1 N–H and O–H groups in total. The molecule has 4 saturated carbocycles. The van der Waals surface area contributed by atoms with E-state index in [4.69, 9.17) is 4.74 Å². The first-order valence-electron chi connectivity index (χ1n) is 9.89. The Morgan fingerprint density at radius 2 is 1.86 bits per heavy atom. The Hall–Kier alpha value is -2.18. The van der Waals surface area contributed by atoms with Gasteiger partial charge in [-0.05, 0) is 85.5 Å². The molecule has 1 aromatic carbocycles. The van der Waals surface area contributed by atoms with Crippen molar-refractivity contribution in [2.24, 2.45) is 28.3 Å². The first kappa shape index (κ1) is 19.2. The molecular formula is C21H26F2N2O3. The third-order valence-corrected chi connectivity index (χ3v) is 6.51. The molecule has 1 aromatic rings. The minimum atomic E-state index is -2.92. The van der Waals surface area contributed by atoms with E-state index < -0.39 is 6.61 Å². The Morgan fingerprint density at radius 3 is 2.43 bits per heavy atom. The van der Waals surface area contributed by atoms with Gasteiger partial charge >= 0.3 is 6.61 Å². The molecule has 0 aromatic heterocycles. The number of hydrogen-bond acceptors (Lipinski definition) is 4. The highest BCUT2D eigenvalue weighted by Crippen LogP contribution is 2.61. The fourth-order valence-corrected chi connectivity index (χ4v) is 6.02. The van der Waals surface area contributed by atoms with Crippen molar-refractivity contribution in [2.75, 3.05) is 7.11 Å². The van der Waals surface area contributed by atoms with Gasteiger partial charge in [0.1, 0.15) is 0 Å². The van der Waals surface area contributed by atoms with Gasteiger partial charge in [0.25, 0.3) is 0 Å². The molecule has 4 bridgehead atoms. The van der Waals surface area contributed by atoms with Gasteiger partial charge in [0.2, 0.25) is 5.91 Å². The standard InChI is InChI=1S/C21H26F2N2O3/c1-27-18-7-13(2-3-17(18)28-20(22)23)12-24-25-19(26)11-21-8-14-4-15(9-21)6-16(5-14)10-21/h2-3,7,12,14-16,20H,4-6,8-11H2,1H3,(H,25,26)/b24-12+. The smallest absolute Gasteiger partial charge is 0.387 e. The zero-order chi connectivity index (χ0) is 19.7. The lowest BCUT2D eigenvalue weighted by Gasteiger charge is -2.56. The van der Waals surface area contributed by atoms with E-state index in [0.29, 0.717) is 12.0 Å². The number of halogens is 2. The summed E-state index contributed by atoms with van der Waals surface area (Å²) in [6, 6.07) is 4.50. The molecule has 0 atom stereocenters. The largest absolute Gasteiger partial charge is 0.493 e. The average molecular weight is 392 g/mol. The van der Waals surface area contributed by atoms with E-state index in [0.717, 1.165) is 17.8 Å². The van der Waals surface area contributed by atoms with Crippen molar-refractivity contribution < 1.29 is 23.0 Å². The Morgan fingerprint density at radius 1 is 1.21 bits per heavy atom. The van der Waals surface area contributed by atoms with Gasteiger partial charge in [-0.2, -0.15) is 13.9 Å². The first-order chi connectivity index (χ1) is 13.4. The molecule has 0 radical (unpaired) electrons. The second-order valence-corrected chi connectivity index (χ2v) is 8.68. The molecule has 5 nitrogen and oxygen atoms in total. The van der Waals surface area contributed by atoms with Crippen molar-refractivity contribution >= 4 is 12.1 Å². The van der Waals surface area contributed by atoms with E-state index in [1.807, 2.05) is 0 Å². The maximum Gasteiger partial charge on any atom is 0.387 e. The maximum absolute atomic E-state index is 12.5. The zero-order valence-corrected chi connectivity index (χ0v) is 16.0. The lowest BCUT2D eigenvalue weighted by molar-refractivity contribution is -0.129. The maximum atomic E-state index is 12.5. The molecule has 0 aliphatic heterocycles. The number of nitrogens with zero attached hydrogens (tertiary/aromatic N) is 1. The van der Waals surface area contributed by atoms with Gasteiger partial charge in [0.05, 0.1) is 13.3 Å². The number of rotatable bonds is 7. The fraction of sp³-hybridized carbons (Fsp3) is 0.619. The van der Waals surface area contributed by atoms with E-state index in [1.54, 1.807) is 6.07 Å². The number of hydrogen-bond donors (Lipinski definition) is 1. The van der Waals surface area contributed by atoms with Crippen LogP contribution >= 0.6 is 0 Å². The highest BCUT2D eigenvalue weighted by Gasteiger charge is 2.51. The number of carbonyl (C=O) groups excluding carboxylic acids is 1. The van der Waals surface area contributed by atoms with E-state index in [-0.39, 0.29) is 22.8 Å². The molecule has 0 saturated heterocycles. The van der Waals surface area contributed by atoms with Crippen LogP contribution in [0, 0.1) is 23.2 Å². The van der Waals surface area contributed by atoms with Gasteiger partial charge < -0.3 is 9.47 Å². The van der Waals surface area contributed by atoms with Crippen molar-refractivity contribution in [1.29, 1.82) is 0 Å². The third-order valence-electron chi connectivity index (χ3n) is 6.51. The summed E-state index contributed by atoms with van der Waals surface area (Å²) >= 11 is 0. The topological polar surface area (TPSA) is 59.9 Å². The molecule has 4 aliphatic carbocycles. The molecule has 0 heterocycles. The van der Waals surface area contributed by atoms with Crippen molar-refractivity contribution in [3.8, 4) is 11.5 Å². The minimum Gasteiger partial charge on any atom is -0.493 e. The number of carbonyl (C=O) groups is 1. The summed E-state index contributed by atoms with van der Waals surface area (Å²) in [6.45, 7) is -2.92. The molecule has 4 aliphatic rings. The first-order valence-corrected chi connectivity index (χ1v) is 9.89. The molecule has 152 valence electrons. The van der Waals surface area contributed by atoms with Gasteiger partial charge in [0, 0.05) is 6.42 Å².